The van der Waals surface area contributed by atoms with E-state index in [1.54, 1.807) is 7.11 Å². The van der Waals surface area contributed by atoms with Gasteiger partial charge in [-0.1, -0.05) is 17.4 Å². The highest BCUT2D eigenvalue weighted by Crippen LogP contribution is 2.26. The molecule has 2 rings (SSSR count). The van der Waals surface area contributed by atoms with Crippen LogP contribution < -0.4 is 4.90 Å². The Morgan fingerprint density at radius 3 is 2.81 bits per heavy atom. The van der Waals surface area contributed by atoms with Crippen molar-refractivity contribution in [3.05, 3.63) is 40.2 Å². The molecule has 0 bridgehead atoms. The zero-order chi connectivity index (χ0) is 15.2. The average molecular weight is 305 g/mol. The van der Waals surface area contributed by atoms with Crippen molar-refractivity contribution in [1.29, 1.82) is 0 Å². The first-order valence-electron chi connectivity index (χ1n) is 6.79. The Morgan fingerprint density at radius 2 is 2.19 bits per heavy atom. The normalized spacial score (nSPS) is 10.6. The molecule has 0 saturated carbocycles. The smallest absolute Gasteiger partial charge is 0.186 e. The van der Waals surface area contributed by atoms with E-state index >= 15 is 0 Å². The van der Waals surface area contributed by atoms with Crippen LogP contribution in [0.4, 0.5) is 5.13 Å². The molecule has 0 atom stereocenters. The number of hydrogen-bond donors (Lipinski definition) is 0. The van der Waals surface area contributed by atoms with E-state index in [4.69, 9.17) is 4.74 Å². The minimum atomic E-state index is 0.352. The second-order valence-electron chi connectivity index (χ2n) is 4.64. The fourth-order valence-electron chi connectivity index (χ4n) is 2.02. The minimum Gasteiger partial charge on any atom is -0.378 e. The van der Waals surface area contributed by atoms with Crippen molar-refractivity contribution in [1.82, 2.24) is 9.97 Å². The molecule has 0 unspecified atom stereocenters. The Labute approximate surface area is 128 Å². The summed E-state index contributed by atoms with van der Waals surface area (Å²) in [5.74, 6) is 0. The van der Waals surface area contributed by atoms with Crippen LogP contribution in [-0.2, 0) is 17.9 Å². The van der Waals surface area contributed by atoms with Crippen molar-refractivity contribution in [2.24, 2.45) is 0 Å². The summed E-state index contributed by atoms with van der Waals surface area (Å²) in [6.07, 6.45) is 0.842. The lowest BCUT2D eigenvalue weighted by molar-refractivity contribution is 0.112. The van der Waals surface area contributed by atoms with E-state index in [0.29, 0.717) is 23.7 Å². The number of carbonyl (C=O) groups is 1. The van der Waals surface area contributed by atoms with Crippen molar-refractivity contribution < 1.29 is 9.53 Å². The summed E-state index contributed by atoms with van der Waals surface area (Å²) in [4.78, 5) is 22.9. The summed E-state index contributed by atoms with van der Waals surface area (Å²) in [5, 5.41) is 0.829. The molecule has 0 spiro atoms. The summed E-state index contributed by atoms with van der Waals surface area (Å²) in [7, 11) is 1.60. The van der Waals surface area contributed by atoms with E-state index in [-0.39, 0.29) is 0 Å². The second-order valence-corrected chi connectivity index (χ2v) is 5.65. The average Bonchev–Trinajstić information content (AvgIpc) is 2.88. The fraction of sp³-hybridized carbons (Fsp3) is 0.400. The van der Waals surface area contributed by atoms with Crippen molar-refractivity contribution in [3.8, 4) is 0 Å². The number of nitrogens with zero attached hydrogens (tertiary/aromatic N) is 3. The van der Waals surface area contributed by atoms with Gasteiger partial charge in [0, 0.05) is 19.3 Å². The largest absolute Gasteiger partial charge is 0.378 e. The molecule has 0 aliphatic rings. The molecule has 2 heterocycles. The molecule has 0 aromatic carbocycles. The molecule has 0 aliphatic heterocycles. The minimum absolute atomic E-state index is 0.352. The van der Waals surface area contributed by atoms with Crippen LogP contribution in [-0.4, -0.2) is 29.9 Å². The molecule has 6 heteroatoms. The van der Waals surface area contributed by atoms with E-state index in [0.717, 1.165) is 29.4 Å². The van der Waals surface area contributed by atoms with Crippen LogP contribution >= 0.6 is 11.3 Å². The fourth-order valence-corrected chi connectivity index (χ4v) is 2.96. The van der Waals surface area contributed by atoms with Gasteiger partial charge in [-0.3, -0.25) is 9.78 Å². The number of rotatable bonds is 7. The highest BCUT2D eigenvalue weighted by Gasteiger charge is 2.15. The first-order valence-corrected chi connectivity index (χ1v) is 7.60. The number of aldehydes is 1. The Bertz CT molecular complexity index is 613. The van der Waals surface area contributed by atoms with Crippen molar-refractivity contribution >= 4 is 22.8 Å². The van der Waals surface area contributed by atoms with E-state index < -0.39 is 0 Å². The molecule has 2 aromatic heterocycles. The number of carbonyl (C=O) groups excluding carboxylic acids is 1. The van der Waals surface area contributed by atoms with Gasteiger partial charge >= 0.3 is 0 Å². The molecule has 0 radical (unpaired) electrons. The zero-order valence-corrected chi connectivity index (χ0v) is 13.3. The predicted molar refractivity (Wildman–Crippen MR) is 83.9 cm³/mol. The van der Waals surface area contributed by atoms with Crippen molar-refractivity contribution in [3.63, 3.8) is 0 Å². The quantitative estimate of drug-likeness (QED) is 0.736. The van der Waals surface area contributed by atoms with Gasteiger partial charge in [0.05, 0.1) is 29.4 Å². The molecule has 21 heavy (non-hydrogen) atoms. The molecular weight excluding hydrogens is 286 g/mol. The van der Waals surface area contributed by atoms with Crippen LogP contribution in [0.1, 0.15) is 33.7 Å². The Balaban J connectivity index is 2.22. The third-order valence-electron chi connectivity index (χ3n) is 3.06. The summed E-state index contributed by atoms with van der Waals surface area (Å²) in [5.41, 5.74) is 2.69. The number of aryl methyl sites for hydroxylation is 1. The third-order valence-corrected chi connectivity index (χ3v) is 4.14. The molecule has 0 aliphatic carbocycles. The molecule has 2 aromatic rings. The number of methoxy groups -OCH3 is 1. The highest BCUT2D eigenvalue weighted by molar-refractivity contribution is 7.17. The van der Waals surface area contributed by atoms with Gasteiger partial charge in [0.25, 0.3) is 0 Å². The molecule has 5 nitrogen and oxygen atoms in total. The van der Waals surface area contributed by atoms with Crippen LogP contribution in [0.25, 0.3) is 0 Å². The standard InChI is InChI=1S/C15H19N3O2S/c1-4-18(8-12-7-5-6-11(2)16-12)15-17-13(10-20-3)14(9-19)21-15/h5-7,9H,4,8,10H2,1-3H3. The monoisotopic (exact) mass is 305 g/mol. The maximum atomic E-state index is 11.1. The third kappa shape index (κ3) is 3.86. The lowest BCUT2D eigenvalue weighted by Gasteiger charge is -2.19. The van der Waals surface area contributed by atoms with Gasteiger partial charge in [-0.05, 0) is 26.0 Å². The predicted octanol–water partition coefficient (Wildman–Crippen LogP) is 2.83. The van der Waals surface area contributed by atoms with E-state index in [2.05, 4.69) is 21.8 Å². The molecule has 0 amide bonds. The molecular formula is C15H19N3O2S. The molecule has 112 valence electrons. The topological polar surface area (TPSA) is 55.3 Å². The zero-order valence-electron chi connectivity index (χ0n) is 12.5. The first-order chi connectivity index (χ1) is 10.2. The van der Waals surface area contributed by atoms with Gasteiger partial charge in [0.15, 0.2) is 11.4 Å². The van der Waals surface area contributed by atoms with Crippen LogP contribution in [0, 0.1) is 6.92 Å². The second kappa shape index (κ2) is 7.28. The summed E-state index contributed by atoms with van der Waals surface area (Å²) < 4.78 is 5.09. The SMILES string of the molecule is CCN(Cc1cccc(C)n1)c1nc(COC)c(C=O)s1. The van der Waals surface area contributed by atoms with Crippen molar-refractivity contribution in [2.75, 3.05) is 18.6 Å². The number of thiazole rings is 1. The highest BCUT2D eigenvalue weighted by atomic mass is 32.1. The van der Waals surface area contributed by atoms with Gasteiger partial charge < -0.3 is 9.64 Å². The lowest BCUT2D eigenvalue weighted by atomic mass is 10.3. The molecule has 0 fully saturated rings. The van der Waals surface area contributed by atoms with Crippen molar-refractivity contribution in [2.45, 2.75) is 27.0 Å². The van der Waals surface area contributed by atoms with Gasteiger partial charge in [-0.15, -0.1) is 0 Å². The Kier molecular flexibility index (Phi) is 5.41. The van der Waals surface area contributed by atoms with Crippen LogP contribution in [0.15, 0.2) is 18.2 Å². The maximum Gasteiger partial charge on any atom is 0.186 e. The van der Waals surface area contributed by atoms with Gasteiger partial charge in [-0.25, -0.2) is 4.98 Å². The van der Waals surface area contributed by atoms with Gasteiger partial charge in [-0.2, -0.15) is 0 Å². The molecule has 0 N–H and O–H groups in total. The van der Waals surface area contributed by atoms with E-state index in [9.17, 15) is 4.79 Å². The number of ether oxygens (including phenoxy) is 1. The number of hydrogen-bond acceptors (Lipinski definition) is 6. The van der Waals surface area contributed by atoms with Gasteiger partial charge in [0.2, 0.25) is 0 Å². The Morgan fingerprint density at radius 1 is 1.38 bits per heavy atom. The van der Waals surface area contributed by atoms with Gasteiger partial charge in [0.1, 0.15) is 0 Å². The summed E-state index contributed by atoms with van der Waals surface area (Å²) >= 11 is 1.39. The van der Waals surface area contributed by atoms with Crippen LogP contribution in [0.2, 0.25) is 0 Å². The summed E-state index contributed by atoms with van der Waals surface area (Å²) in [6.45, 7) is 5.87. The first kappa shape index (κ1) is 15.6. The lowest BCUT2D eigenvalue weighted by Crippen LogP contribution is -2.22. The van der Waals surface area contributed by atoms with E-state index in [1.807, 2.05) is 25.1 Å². The van der Waals surface area contributed by atoms with Crippen LogP contribution in [0.3, 0.4) is 0 Å². The maximum absolute atomic E-state index is 11.1. The van der Waals surface area contributed by atoms with Crippen LogP contribution in [0.5, 0.6) is 0 Å². The molecule has 0 saturated heterocycles. The number of aromatic nitrogens is 2. The number of pyridine rings is 1. The number of anilines is 1. The van der Waals surface area contributed by atoms with E-state index in [1.165, 1.54) is 11.3 Å². The summed E-state index contributed by atoms with van der Waals surface area (Å²) in [6, 6.07) is 5.98. The Hall–Kier alpha value is -1.79.